The molecule has 2 heterocycles. The standard InChI is InChI=1S/C19H25N5O/c1-12-3-5-14(6-4-12)17(20)19(25)24-16-8-7-15(10-22-16)18-13(2)9-21-11-23-18/h7-12,14,17H,3-6,20H2,1-2H3,(H,22,24,25). The summed E-state index contributed by atoms with van der Waals surface area (Å²) in [5.41, 5.74) is 8.88. The van der Waals surface area contributed by atoms with Crippen molar-refractivity contribution in [3.8, 4) is 11.3 Å². The quantitative estimate of drug-likeness (QED) is 0.893. The van der Waals surface area contributed by atoms with Gasteiger partial charge in [-0.1, -0.05) is 19.8 Å². The number of rotatable bonds is 4. The summed E-state index contributed by atoms with van der Waals surface area (Å²) in [4.78, 5) is 25.0. The van der Waals surface area contributed by atoms with Gasteiger partial charge in [0, 0.05) is 18.0 Å². The fraction of sp³-hybridized carbons (Fsp3) is 0.474. The molecule has 0 bridgehead atoms. The Hall–Kier alpha value is -2.34. The van der Waals surface area contributed by atoms with Crippen molar-refractivity contribution in [3.05, 3.63) is 36.4 Å². The molecule has 1 atom stereocenters. The van der Waals surface area contributed by atoms with Crippen LogP contribution in [0.4, 0.5) is 5.82 Å². The lowest BCUT2D eigenvalue weighted by Gasteiger charge is -2.29. The molecule has 1 unspecified atom stereocenters. The van der Waals surface area contributed by atoms with E-state index in [1.807, 2.05) is 13.0 Å². The Morgan fingerprint density at radius 2 is 1.96 bits per heavy atom. The highest BCUT2D eigenvalue weighted by Gasteiger charge is 2.28. The van der Waals surface area contributed by atoms with Crippen LogP contribution in [0.3, 0.4) is 0 Å². The molecule has 0 saturated heterocycles. The van der Waals surface area contributed by atoms with E-state index < -0.39 is 6.04 Å². The molecule has 132 valence electrons. The van der Waals surface area contributed by atoms with E-state index in [1.54, 1.807) is 18.5 Å². The van der Waals surface area contributed by atoms with Crippen molar-refractivity contribution in [2.75, 3.05) is 5.32 Å². The van der Waals surface area contributed by atoms with Gasteiger partial charge in [-0.2, -0.15) is 0 Å². The minimum atomic E-state index is -0.474. The van der Waals surface area contributed by atoms with Crippen molar-refractivity contribution in [1.29, 1.82) is 0 Å². The molecule has 1 fully saturated rings. The topological polar surface area (TPSA) is 93.8 Å². The summed E-state index contributed by atoms with van der Waals surface area (Å²) in [6.45, 7) is 4.21. The molecule has 6 heteroatoms. The van der Waals surface area contributed by atoms with Crippen molar-refractivity contribution >= 4 is 11.7 Å². The van der Waals surface area contributed by atoms with Crippen molar-refractivity contribution in [2.24, 2.45) is 17.6 Å². The number of nitrogens with one attached hydrogen (secondary N) is 1. The first-order valence-corrected chi connectivity index (χ1v) is 8.84. The number of aryl methyl sites for hydroxylation is 1. The first-order chi connectivity index (χ1) is 12.0. The number of aromatic nitrogens is 3. The van der Waals surface area contributed by atoms with E-state index in [1.165, 1.54) is 6.33 Å². The molecule has 1 saturated carbocycles. The molecule has 0 aromatic carbocycles. The van der Waals surface area contributed by atoms with E-state index in [4.69, 9.17) is 5.73 Å². The molecule has 3 rings (SSSR count). The maximum atomic E-state index is 12.4. The minimum Gasteiger partial charge on any atom is -0.320 e. The van der Waals surface area contributed by atoms with E-state index in [0.717, 1.165) is 48.4 Å². The Balaban J connectivity index is 1.63. The lowest BCUT2D eigenvalue weighted by molar-refractivity contribution is -0.118. The van der Waals surface area contributed by atoms with Gasteiger partial charge in [0.05, 0.1) is 11.7 Å². The van der Waals surface area contributed by atoms with E-state index in [-0.39, 0.29) is 11.8 Å². The summed E-state index contributed by atoms with van der Waals surface area (Å²) in [5, 5.41) is 2.84. The Morgan fingerprint density at radius 1 is 1.20 bits per heavy atom. The summed E-state index contributed by atoms with van der Waals surface area (Å²) in [6.07, 6.45) is 9.33. The van der Waals surface area contributed by atoms with Gasteiger partial charge in [0.1, 0.15) is 12.1 Å². The zero-order chi connectivity index (χ0) is 17.8. The average molecular weight is 339 g/mol. The van der Waals surface area contributed by atoms with Crippen LogP contribution in [0, 0.1) is 18.8 Å². The van der Waals surface area contributed by atoms with Crippen molar-refractivity contribution in [2.45, 2.75) is 45.6 Å². The molecule has 1 aliphatic carbocycles. The summed E-state index contributed by atoms with van der Waals surface area (Å²) in [7, 11) is 0. The molecule has 1 aliphatic rings. The number of hydrogen-bond acceptors (Lipinski definition) is 5. The first-order valence-electron chi connectivity index (χ1n) is 8.84. The molecule has 2 aromatic heterocycles. The zero-order valence-electron chi connectivity index (χ0n) is 14.8. The number of anilines is 1. The summed E-state index contributed by atoms with van der Waals surface area (Å²) in [6, 6.07) is 3.20. The van der Waals surface area contributed by atoms with Crippen LogP contribution in [-0.2, 0) is 4.79 Å². The Labute approximate surface area is 148 Å². The molecule has 1 amide bonds. The zero-order valence-corrected chi connectivity index (χ0v) is 14.8. The van der Waals surface area contributed by atoms with Gasteiger partial charge in [-0.25, -0.2) is 15.0 Å². The second-order valence-electron chi connectivity index (χ2n) is 7.02. The number of nitrogens with two attached hydrogens (primary N) is 1. The van der Waals surface area contributed by atoms with Crippen molar-refractivity contribution in [3.63, 3.8) is 0 Å². The number of nitrogens with zero attached hydrogens (tertiary/aromatic N) is 3. The van der Waals surface area contributed by atoms with Gasteiger partial charge in [0.2, 0.25) is 5.91 Å². The largest absolute Gasteiger partial charge is 0.320 e. The van der Waals surface area contributed by atoms with E-state index in [2.05, 4.69) is 27.2 Å². The van der Waals surface area contributed by atoms with Crippen LogP contribution in [0.2, 0.25) is 0 Å². The summed E-state index contributed by atoms with van der Waals surface area (Å²) < 4.78 is 0. The van der Waals surface area contributed by atoms with Gasteiger partial charge in [-0.3, -0.25) is 4.79 Å². The predicted octanol–water partition coefficient (Wildman–Crippen LogP) is 2.94. The van der Waals surface area contributed by atoms with Crippen molar-refractivity contribution in [1.82, 2.24) is 15.0 Å². The number of carbonyl (C=O) groups is 1. The van der Waals surface area contributed by atoms with Crippen LogP contribution in [0.15, 0.2) is 30.9 Å². The van der Waals surface area contributed by atoms with E-state index >= 15 is 0 Å². The number of hydrogen-bond donors (Lipinski definition) is 2. The third-order valence-electron chi connectivity index (χ3n) is 5.05. The minimum absolute atomic E-state index is 0.155. The number of carbonyl (C=O) groups excluding carboxylic acids is 1. The average Bonchev–Trinajstić information content (AvgIpc) is 2.63. The highest BCUT2D eigenvalue weighted by molar-refractivity contribution is 5.94. The maximum Gasteiger partial charge on any atom is 0.242 e. The highest BCUT2D eigenvalue weighted by atomic mass is 16.2. The van der Waals surface area contributed by atoms with Gasteiger partial charge in [-0.15, -0.1) is 0 Å². The number of amides is 1. The van der Waals surface area contributed by atoms with Crippen LogP contribution in [-0.4, -0.2) is 26.9 Å². The van der Waals surface area contributed by atoms with Crippen LogP contribution >= 0.6 is 0 Å². The molecule has 0 spiro atoms. The third-order valence-corrected chi connectivity index (χ3v) is 5.05. The smallest absolute Gasteiger partial charge is 0.242 e. The van der Waals surface area contributed by atoms with Crippen LogP contribution < -0.4 is 11.1 Å². The Kier molecular flexibility index (Phi) is 5.38. The molecular formula is C19H25N5O. The molecule has 0 aliphatic heterocycles. The molecule has 2 aromatic rings. The molecule has 6 nitrogen and oxygen atoms in total. The monoisotopic (exact) mass is 339 g/mol. The second-order valence-corrected chi connectivity index (χ2v) is 7.02. The fourth-order valence-corrected chi connectivity index (χ4v) is 3.38. The molecule has 25 heavy (non-hydrogen) atoms. The Morgan fingerprint density at radius 3 is 2.60 bits per heavy atom. The van der Waals surface area contributed by atoms with Crippen molar-refractivity contribution < 1.29 is 4.79 Å². The van der Waals surface area contributed by atoms with Gasteiger partial charge in [-0.05, 0) is 49.3 Å². The van der Waals surface area contributed by atoms with Crippen LogP contribution in [0.5, 0.6) is 0 Å². The lowest BCUT2D eigenvalue weighted by atomic mass is 9.79. The summed E-state index contributed by atoms with van der Waals surface area (Å²) in [5.74, 6) is 1.36. The second kappa shape index (κ2) is 7.70. The maximum absolute atomic E-state index is 12.4. The van der Waals surface area contributed by atoms with Crippen LogP contribution in [0.25, 0.3) is 11.3 Å². The highest BCUT2D eigenvalue weighted by Crippen LogP contribution is 2.30. The number of pyridine rings is 1. The van der Waals surface area contributed by atoms with Crippen LogP contribution in [0.1, 0.15) is 38.2 Å². The van der Waals surface area contributed by atoms with Gasteiger partial charge >= 0.3 is 0 Å². The lowest BCUT2D eigenvalue weighted by Crippen LogP contribution is -2.43. The van der Waals surface area contributed by atoms with E-state index in [0.29, 0.717) is 5.82 Å². The molecule has 3 N–H and O–H groups in total. The third kappa shape index (κ3) is 4.20. The summed E-state index contributed by atoms with van der Waals surface area (Å²) >= 11 is 0. The van der Waals surface area contributed by atoms with Gasteiger partial charge in [0.15, 0.2) is 0 Å². The fourth-order valence-electron chi connectivity index (χ4n) is 3.38. The van der Waals surface area contributed by atoms with Gasteiger partial charge in [0.25, 0.3) is 0 Å². The van der Waals surface area contributed by atoms with Gasteiger partial charge < -0.3 is 11.1 Å². The Bertz CT molecular complexity index is 723. The molecular weight excluding hydrogens is 314 g/mol. The van der Waals surface area contributed by atoms with E-state index in [9.17, 15) is 4.79 Å². The first kappa shape index (κ1) is 17.5. The normalized spacial score (nSPS) is 21.6. The SMILES string of the molecule is Cc1cncnc1-c1ccc(NC(=O)C(N)C2CCC(C)CC2)nc1. The molecule has 0 radical (unpaired) electrons. The predicted molar refractivity (Wildman–Crippen MR) is 97.7 cm³/mol.